The Labute approximate surface area is 163 Å². The zero-order valence-electron chi connectivity index (χ0n) is 16.1. The van der Waals surface area contributed by atoms with Crippen molar-refractivity contribution in [2.45, 2.75) is 38.9 Å². The molecule has 0 spiro atoms. The highest BCUT2D eigenvalue weighted by atomic mass is 32.2. The lowest BCUT2D eigenvalue weighted by atomic mass is 10.1. The number of carbonyl (C=O) groups excluding carboxylic acids is 1. The minimum absolute atomic E-state index is 0.0915. The second-order valence-corrected chi connectivity index (χ2v) is 7.40. The third-order valence-corrected chi connectivity index (χ3v) is 5.01. The maximum absolute atomic E-state index is 12.3. The first-order chi connectivity index (χ1) is 13.0. The van der Waals surface area contributed by atoms with E-state index in [1.165, 1.54) is 17.3 Å². The molecular formula is C19H24N6OS. The van der Waals surface area contributed by atoms with Crippen molar-refractivity contribution >= 4 is 23.5 Å². The van der Waals surface area contributed by atoms with Crippen molar-refractivity contribution in [2.24, 2.45) is 7.05 Å². The van der Waals surface area contributed by atoms with E-state index in [4.69, 9.17) is 0 Å². The van der Waals surface area contributed by atoms with Crippen LogP contribution < -0.4 is 5.32 Å². The number of thioether (sulfide) groups is 1. The Bertz CT molecular complexity index is 946. The van der Waals surface area contributed by atoms with E-state index in [1.807, 2.05) is 32.2 Å². The molecule has 0 bridgehead atoms. The normalized spacial score (nSPS) is 11.0. The van der Waals surface area contributed by atoms with Crippen molar-refractivity contribution in [3.63, 3.8) is 0 Å². The molecule has 0 atom stereocenters. The Balaban J connectivity index is 1.73. The average molecular weight is 385 g/mol. The molecule has 1 aromatic carbocycles. The summed E-state index contributed by atoms with van der Waals surface area (Å²) in [6.45, 7) is 6.88. The molecule has 0 unspecified atom stereocenters. The SMILES string of the molecule is CCCn1c(SCC(=O)Nc2cc(C)nn2C)nnc1-c1cccc(C)c1. The molecule has 0 aliphatic carbocycles. The number of carbonyl (C=O) groups is 1. The minimum Gasteiger partial charge on any atom is -0.310 e. The van der Waals surface area contributed by atoms with E-state index in [0.29, 0.717) is 5.82 Å². The molecule has 0 saturated carbocycles. The zero-order chi connectivity index (χ0) is 19.4. The predicted octanol–water partition coefficient (Wildman–Crippen LogP) is 3.44. The van der Waals surface area contributed by atoms with Crippen molar-refractivity contribution in [3.05, 3.63) is 41.6 Å². The summed E-state index contributed by atoms with van der Waals surface area (Å²) in [7, 11) is 1.81. The number of amides is 1. The fourth-order valence-corrected chi connectivity index (χ4v) is 3.62. The third kappa shape index (κ3) is 4.57. The summed E-state index contributed by atoms with van der Waals surface area (Å²) in [4.78, 5) is 12.3. The van der Waals surface area contributed by atoms with Gasteiger partial charge in [-0.15, -0.1) is 10.2 Å². The smallest absolute Gasteiger partial charge is 0.235 e. The van der Waals surface area contributed by atoms with E-state index in [2.05, 4.69) is 51.2 Å². The zero-order valence-corrected chi connectivity index (χ0v) is 16.9. The maximum Gasteiger partial charge on any atom is 0.235 e. The number of aromatic nitrogens is 5. The molecule has 0 saturated heterocycles. The van der Waals surface area contributed by atoms with Gasteiger partial charge in [-0.25, -0.2) is 0 Å². The first-order valence-corrected chi connectivity index (χ1v) is 9.90. The summed E-state index contributed by atoms with van der Waals surface area (Å²) in [6.07, 6.45) is 0.963. The van der Waals surface area contributed by atoms with Gasteiger partial charge in [0.05, 0.1) is 11.4 Å². The summed E-state index contributed by atoms with van der Waals surface area (Å²) in [5.41, 5.74) is 3.09. The first-order valence-electron chi connectivity index (χ1n) is 8.91. The van der Waals surface area contributed by atoms with Crippen LogP contribution >= 0.6 is 11.8 Å². The molecule has 1 N–H and O–H groups in total. The Morgan fingerprint density at radius 1 is 1.22 bits per heavy atom. The molecule has 0 fully saturated rings. The van der Waals surface area contributed by atoms with Crippen molar-refractivity contribution in [2.75, 3.05) is 11.1 Å². The van der Waals surface area contributed by atoms with Crippen LogP contribution in [0, 0.1) is 13.8 Å². The molecular weight excluding hydrogens is 360 g/mol. The highest BCUT2D eigenvalue weighted by Crippen LogP contribution is 2.25. The van der Waals surface area contributed by atoms with Crippen LogP contribution in [0.4, 0.5) is 5.82 Å². The lowest BCUT2D eigenvalue weighted by molar-refractivity contribution is -0.113. The second kappa shape index (κ2) is 8.39. The molecule has 3 rings (SSSR count). The topological polar surface area (TPSA) is 77.6 Å². The third-order valence-electron chi connectivity index (χ3n) is 4.04. The molecule has 2 heterocycles. The Kier molecular flexibility index (Phi) is 5.95. The van der Waals surface area contributed by atoms with Crippen LogP contribution in [0.3, 0.4) is 0 Å². The summed E-state index contributed by atoms with van der Waals surface area (Å²) in [5, 5.41) is 16.6. The number of nitrogens with one attached hydrogen (secondary N) is 1. The van der Waals surface area contributed by atoms with Gasteiger partial charge in [-0.05, 0) is 26.3 Å². The van der Waals surface area contributed by atoms with Crippen LogP contribution in [-0.4, -0.2) is 36.2 Å². The number of hydrogen-bond donors (Lipinski definition) is 1. The highest BCUT2D eigenvalue weighted by molar-refractivity contribution is 7.99. The molecule has 8 heteroatoms. The van der Waals surface area contributed by atoms with Gasteiger partial charge < -0.3 is 9.88 Å². The largest absolute Gasteiger partial charge is 0.310 e. The Hall–Kier alpha value is -2.61. The lowest BCUT2D eigenvalue weighted by Crippen LogP contribution is -2.17. The molecule has 2 aromatic heterocycles. The quantitative estimate of drug-likeness (QED) is 0.632. The summed E-state index contributed by atoms with van der Waals surface area (Å²) >= 11 is 1.39. The van der Waals surface area contributed by atoms with Crippen molar-refractivity contribution in [1.82, 2.24) is 24.5 Å². The fraction of sp³-hybridized carbons (Fsp3) is 0.368. The van der Waals surface area contributed by atoms with Gasteiger partial charge in [0.2, 0.25) is 5.91 Å². The fourth-order valence-electron chi connectivity index (χ4n) is 2.85. The molecule has 1 amide bonds. The number of benzene rings is 1. The van der Waals surface area contributed by atoms with Crippen LogP contribution in [-0.2, 0) is 18.4 Å². The standard InChI is InChI=1S/C19H24N6OS/c1-5-9-25-18(15-8-6-7-13(2)10-15)21-22-19(25)27-12-17(26)20-16-11-14(3)23-24(16)4/h6-8,10-11H,5,9,12H2,1-4H3,(H,20,26). The predicted molar refractivity (Wildman–Crippen MR) is 108 cm³/mol. The van der Waals surface area contributed by atoms with Crippen LogP contribution in [0.15, 0.2) is 35.5 Å². The van der Waals surface area contributed by atoms with Gasteiger partial charge in [0.25, 0.3) is 0 Å². The first kappa shape index (κ1) is 19.2. The lowest BCUT2D eigenvalue weighted by Gasteiger charge is -2.09. The van der Waals surface area contributed by atoms with Gasteiger partial charge in [-0.2, -0.15) is 5.10 Å². The van der Waals surface area contributed by atoms with Gasteiger partial charge in [0.15, 0.2) is 11.0 Å². The second-order valence-electron chi connectivity index (χ2n) is 6.46. The van der Waals surface area contributed by atoms with Crippen molar-refractivity contribution < 1.29 is 4.79 Å². The van der Waals surface area contributed by atoms with Crippen molar-refractivity contribution in [1.29, 1.82) is 0 Å². The van der Waals surface area contributed by atoms with Crippen LogP contribution in [0.25, 0.3) is 11.4 Å². The van der Waals surface area contributed by atoms with Gasteiger partial charge in [0, 0.05) is 25.2 Å². The van der Waals surface area contributed by atoms with Crippen LogP contribution in [0.5, 0.6) is 0 Å². The van der Waals surface area contributed by atoms with E-state index in [-0.39, 0.29) is 11.7 Å². The van der Waals surface area contributed by atoms with E-state index in [0.717, 1.165) is 35.2 Å². The number of rotatable bonds is 7. The Morgan fingerprint density at radius 3 is 2.70 bits per heavy atom. The monoisotopic (exact) mass is 384 g/mol. The minimum atomic E-state index is -0.0915. The summed E-state index contributed by atoms with van der Waals surface area (Å²) < 4.78 is 3.74. The molecule has 142 valence electrons. The van der Waals surface area contributed by atoms with Gasteiger partial charge >= 0.3 is 0 Å². The summed E-state index contributed by atoms with van der Waals surface area (Å²) in [6, 6.07) is 10.1. The number of anilines is 1. The maximum atomic E-state index is 12.3. The van der Waals surface area contributed by atoms with E-state index >= 15 is 0 Å². The number of nitrogens with zero attached hydrogens (tertiary/aromatic N) is 5. The van der Waals surface area contributed by atoms with Crippen molar-refractivity contribution in [3.8, 4) is 11.4 Å². The number of hydrogen-bond acceptors (Lipinski definition) is 5. The Morgan fingerprint density at radius 2 is 2.04 bits per heavy atom. The number of aryl methyl sites for hydroxylation is 3. The van der Waals surface area contributed by atoms with Gasteiger partial charge in [-0.3, -0.25) is 9.48 Å². The molecule has 0 aliphatic rings. The van der Waals surface area contributed by atoms with Crippen LogP contribution in [0.1, 0.15) is 24.6 Å². The molecule has 27 heavy (non-hydrogen) atoms. The molecule has 3 aromatic rings. The van der Waals surface area contributed by atoms with E-state index in [9.17, 15) is 4.79 Å². The highest BCUT2D eigenvalue weighted by Gasteiger charge is 2.16. The molecule has 0 aliphatic heterocycles. The van der Waals surface area contributed by atoms with Gasteiger partial charge in [0.1, 0.15) is 5.82 Å². The van der Waals surface area contributed by atoms with E-state index in [1.54, 1.807) is 4.68 Å². The van der Waals surface area contributed by atoms with E-state index < -0.39 is 0 Å². The summed E-state index contributed by atoms with van der Waals surface area (Å²) in [5.74, 6) is 1.70. The molecule has 7 nitrogen and oxygen atoms in total. The molecule has 0 radical (unpaired) electrons. The van der Waals surface area contributed by atoms with Crippen LogP contribution in [0.2, 0.25) is 0 Å². The average Bonchev–Trinajstić information content (AvgIpc) is 3.16. The van der Waals surface area contributed by atoms with Gasteiger partial charge in [-0.1, -0.05) is 42.4 Å².